The number of fused-ring (bicyclic) bond motifs is 1. The number of nitrogens with one attached hydrogen (secondary N) is 2. The lowest BCUT2D eigenvalue weighted by Gasteiger charge is -2.11. The highest BCUT2D eigenvalue weighted by Crippen LogP contribution is 2.28. The second kappa shape index (κ2) is 6.01. The monoisotopic (exact) mass is 346 g/mol. The summed E-state index contributed by atoms with van der Waals surface area (Å²) in [6.45, 7) is 5.25. The van der Waals surface area contributed by atoms with Crippen LogP contribution in [0.15, 0.2) is 18.2 Å². The van der Waals surface area contributed by atoms with Crippen LogP contribution >= 0.6 is 23.6 Å². The second-order valence-corrected chi connectivity index (χ2v) is 6.38. The fourth-order valence-corrected chi connectivity index (χ4v) is 3.22. The molecule has 0 atom stereocenters. The van der Waals surface area contributed by atoms with Crippen LogP contribution in [0.4, 0.5) is 5.69 Å². The lowest BCUT2D eigenvalue weighted by molar-refractivity contribution is -0.117. The summed E-state index contributed by atoms with van der Waals surface area (Å²) in [6, 6.07) is 5.88. The van der Waals surface area contributed by atoms with Crippen LogP contribution in [0, 0.1) is 13.8 Å². The molecule has 7 nitrogen and oxygen atoms in total. The predicted molar refractivity (Wildman–Crippen MR) is 93.6 cm³/mol. The molecule has 1 amide bonds. The molecule has 0 aliphatic heterocycles. The number of aryl methyl sites for hydroxylation is 2. The molecule has 23 heavy (non-hydrogen) atoms. The molecule has 0 saturated carbocycles. The Morgan fingerprint density at radius 1 is 1.30 bits per heavy atom. The number of hydrogen-bond donors (Lipinski definition) is 2. The number of nitrogens with zero attached hydrogens (tertiary/aromatic N) is 4. The van der Waals surface area contributed by atoms with Crippen molar-refractivity contribution in [3.05, 3.63) is 29.6 Å². The highest BCUT2D eigenvalue weighted by atomic mass is 32.1. The van der Waals surface area contributed by atoms with Gasteiger partial charge in [0.2, 0.25) is 10.9 Å². The van der Waals surface area contributed by atoms with Crippen LogP contribution in [0.25, 0.3) is 15.5 Å². The molecule has 2 heterocycles. The van der Waals surface area contributed by atoms with Crippen LogP contribution in [0.3, 0.4) is 0 Å². The minimum Gasteiger partial charge on any atom is -0.332 e. The van der Waals surface area contributed by atoms with Gasteiger partial charge >= 0.3 is 0 Å². The molecule has 0 aliphatic carbocycles. The zero-order chi connectivity index (χ0) is 16.6. The first-order chi connectivity index (χ1) is 10.9. The Kier molecular flexibility index (Phi) is 4.05. The molecule has 3 aromatic rings. The molecule has 0 aliphatic rings. The molecule has 0 saturated heterocycles. The van der Waals surface area contributed by atoms with Crippen LogP contribution in [-0.4, -0.2) is 30.8 Å². The van der Waals surface area contributed by atoms with Gasteiger partial charge in [-0.25, -0.2) is 0 Å². The van der Waals surface area contributed by atoms with Gasteiger partial charge in [0, 0.05) is 18.2 Å². The summed E-state index contributed by atoms with van der Waals surface area (Å²) in [7, 11) is 0. The van der Waals surface area contributed by atoms with E-state index in [0.717, 1.165) is 32.6 Å². The minimum atomic E-state index is -0.202. The molecule has 3 rings (SSSR count). The lowest BCUT2D eigenvalue weighted by Crippen LogP contribution is -2.32. The number of thiocarbonyl (C=S) groups is 1. The molecule has 0 radical (unpaired) electrons. The highest BCUT2D eigenvalue weighted by Gasteiger charge is 2.11. The van der Waals surface area contributed by atoms with Crippen molar-refractivity contribution in [3.8, 4) is 10.6 Å². The molecule has 9 heteroatoms. The van der Waals surface area contributed by atoms with Crippen molar-refractivity contribution in [1.82, 2.24) is 25.1 Å². The van der Waals surface area contributed by atoms with Crippen molar-refractivity contribution in [2.45, 2.75) is 20.8 Å². The molecule has 0 bridgehead atoms. The third kappa shape index (κ3) is 3.20. The summed E-state index contributed by atoms with van der Waals surface area (Å²) in [4.78, 5) is 11.8. The SMILES string of the molecule is CC(=O)NC(=S)Nc1ccc(-c2nn3c(C)nnc3s2)cc1C. The Labute approximate surface area is 141 Å². The first-order valence-electron chi connectivity index (χ1n) is 6.82. The van der Waals surface area contributed by atoms with Crippen LogP contribution < -0.4 is 10.6 Å². The summed E-state index contributed by atoms with van der Waals surface area (Å²) >= 11 is 6.56. The van der Waals surface area contributed by atoms with Crippen molar-refractivity contribution in [2.24, 2.45) is 0 Å². The van der Waals surface area contributed by atoms with E-state index in [1.165, 1.54) is 18.3 Å². The zero-order valence-electron chi connectivity index (χ0n) is 12.7. The van der Waals surface area contributed by atoms with E-state index in [2.05, 4.69) is 25.9 Å². The van der Waals surface area contributed by atoms with Crippen molar-refractivity contribution in [1.29, 1.82) is 0 Å². The Bertz CT molecular complexity index is 913. The van der Waals surface area contributed by atoms with E-state index in [9.17, 15) is 4.79 Å². The Balaban J connectivity index is 1.86. The number of rotatable bonds is 2. The Morgan fingerprint density at radius 3 is 2.74 bits per heavy atom. The minimum absolute atomic E-state index is 0.202. The van der Waals surface area contributed by atoms with Crippen LogP contribution in [0.1, 0.15) is 18.3 Å². The van der Waals surface area contributed by atoms with E-state index in [-0.39, 0.29) is 11.0 Å². The molecular formula is C14H14N6OS2. The average molecular weight is 346 g/mol. The number of anilines is 1. The van der Waals surface area contributed by atoms with Crippen molar-refractivity contribution in [3.63, 3.8) is 0 Å². The summed E-state index contributed by atoms with van der Waals surface area (Å²) in [5.41, 5.74) is 2.83. The number of benzene rings is 1. The van der Waals surface area contributed by atoms with E-state index >= 15 is 0 Å². The number of carbonyl (C=O) groups is 1. The molecule has 0 unspecified atom stereocenters. The van der Waals surface area contributed by atoms with Gasteiger partial charge in [-0.2, -0.15) is 9.61 Å². The van der Waals surface area contributed by atoms with Crippen LogP contribution in [0.2, 0.25) is 0 Å². The van der Waals surface area contributed by atoms with Gasteiger partial charge < -0.3 is 10.6 Å². The van der Waals surface area contributed by atoms with E-state index in [1.54, 1.807) is 4.52 Å². The van der Waals surface area contributed by atoms with Gasteiger partial charge in [-0.3, -0.25) is 4.79 Å². The van der Waals surface area contributed by atoms with Gasteiger partial charge in [0.15, 0.2) is 10.9 Å². The topological polar surface area (TPSA) is 84.2 Å². The first-order valence-corrected chi connectivity index (χ1v) is 8.05. The number of aromatic nitrogens is 4. The van der Waals surface area contributed by atoms with Crippen molar-refractivity contribution >= 4 is 45.2 Å². The number of amides is 1. The Hall–Kier alpha value is -2.39. The van der Waals surface area contributed by atoms with Gasteiger partial charge in [-0.1, -0.05) is 11.3 Å². The first kappa shape index (κ1) is 15.5. The van der Waals surface area contributed by atoms with Gasteiger partial charge in [0.05, 0.1) is 0 Å². The standard InChI is InChI=1S/C14H14N6OS2/c1-7-6-10(4-5-11(7)16-13(22)15-9(3)21)12-19-20-8(2)17-18-14(20)23-12/h4-6H,1-3H3,(H2,15,16,21,22). The highest BCUT2D eigenvalue weighted by molar-refractivity contribution is 7.80. The van der Waals surface area contributed by atoms with Gasteiger partial charge in [0.1, 0.15) is 5.01 Å². The third-order valence-electron chi connectivity index (χ3n) is 3.16. The Morgan fingerprint density at radius 2 is 2.09 bits per heavy atom. The van der Waals surface area contributed by atoms with E-state index in [4.69, 9.17) is 12.2 Å². The maximum atomic E-state index is 11.0. The fourth-order valence-electron chi connectivity index (χ4n) is 2.08. The van der Waals surface area contributed by atoms with E-state index in [1.807, 2.05) is 32.0 Å². The largest absolute Gasteiger partial charge is 0.332 e. The lowest BCUT2D eigenvalue weighted by atomic mass is 10.1. The molecule has 118 valence electrons. The van der Waals surface area contributed by atoms with E-state index in [0.29, 0.717) is 0 Å². The van der Waals surface area contributed by atoms with Gasteiger partial charge in [-0.05, 0) is 49.8 Å². The maximum Gasteiger partial charge on any atom is 0.234 e. The molecule has 0 spiro atoms. The quantitative estimate of drug-likeness (QED) is 0.693. The molecular weight excluding hydrogens is 332 g/mol. The molecule has 0 fully saturated rings. The smallest absolute Gasteiger partial charge is 0.234 e. The molecule has 2 N–H and O–H groups in total. The van der Waals surface area contributed by atoms with Crippen molar-refractivity contribution < 1.29 is 4.79 Å². The predicted octanol–water partition coefficient (Wildman–Crippen LogP) is 2.30. The summed E-state index contributed by atoms with van der Waals surface area (Å²) in [5.74, 6) is 0.560. The second-order valence-electron chi connectivity index (χ2n) is 5.01. The van der Waals surface area contributed by atoms with Gasteiger partial charge in [-0.15, -0.1) is 10.2 Å². The number of hydrogen-bond acceptors (Lipinski definition) is 6. The molecule has 1 aromatic carbocycles. The normalized spacial score (nSPS) is 10.7. The summed E-state index contributed by atoms with van der Waals surface area (Å²) in [5, 5.41) is 19.3. The summed E-state index contributed by atoms with van der Waals surface area (Å²) < 4.78 is 1.73. The van der Waals surface area contributed by atoms with Crippen LogP contribution in [0.5, 0.6) is 0 Å². The fraction of sp³-hybridized carbons (Fsp3) is 0.214. The van der Waals surface area contributed by atoms with Crippen LogP contribution in [-0.2, 0) is 4.79 Å². The third-order valence-corrected chi connectivity index (χ3v) is 4.31. The van der Waals surface area contributed by atoms with E-state index < -0.39 is 0 Å². The maximum absolute atomic E-state index is 11.0. The summed E-state index contributed by atoms with van der Waals surface area (Å²) in [6.07, 6.45) is 0. The van der Waals surface area contributed by atoms with Gasteiger partial charge in [0.25, 0.3) is 0 Å². The number of carbonyl (C=O) groups excluding carboxylic acids is 1. The average Bonchev–Trinajstić information content (AvgIpc) is 3.03. The van der Waals surface area contributed by atoms with Crippen molar-refractivity contribution in [2.75, 3.05) is 5.32 Å². The molecule has 2 aromatic heterocycles. The zero-order valence-corrected chi connectivity index (χ0v) is 14.4.